The molecule has 1 heterocycles. The van der Waals surface area contributed by atoms with Crippen molar-refractivity contribution in [2.24, 2.45) is 0 Å². The number of aryl methyl sites for hydroxylation is 1. The number of likely N-dealkylation sites (N-methyl/N-ethyl adjacent to an activating group) is 1. The molecule has 0 bridgehead atoms. The molecule has 0 N–H and O–H groups in total. The van der Waals surface area contributed by atoms with E-state index in [1.54, 1.807) is 11.9 Å². The van der Waals surface area contributed by atoms with Crippen molar-refractivity contribution in [1.82, 2.24) is 9.47 Å². The molecule has 0 aliphatic heterocycles. The number of hydrogen-bond acceptors (Lipinski definition) is 4. The zero-order chi connectivity index (χ0) is 20.8. The van der Waals surface area contributed by atoms with E-state index in [4.69, 9.17) is 4.74 Å². The highest BCUT2D eigenvalue weighted by atomic mass is 16.5. The first-order valence-corrected chi connectivity index (χ1v) is 9.64. The van der Waals surface area contributed by atoms with Crippen LogP contribution in [0.4, 0.5) is 5.69 Å². The predicted molar refractivity (Wildman–Crippen MR) is 115 cm³/mol. The van der Waals surface area contributed by atoms with E-state index in [-0.39, 0.29) is 24.9 Å². The van der Waals surface area contributed by atoms with Gasteiger partial charge in [0.1, 0.15) is 0 Å². The maximum Gasteiger partial charge on any atom is 0.308 e. The molecule has 3 aromatic rings. The first-order chi connectivity index (χ1) is 13.9. The van der Waals surface area contributed by atoms with Gasteiger partial charge in [-0.15, -0.1) is 0 Å². The summed E-state index contributed by atoms with van der Waals surface area (Å²) in [5.41, 5.74) is 3.21. The van der Waals surface area contributed by atoms with Gasteiger partial charge in [0.2, 0.25) is 0 Å². The Labute approximate surface area is 171 Å². The van der Waals surface area contributed by atoms with Crippen LogP contribution in [0.3, 0.4) is 0 Å². The van der Waals surface area contributed by atoms with Crippen LogP contribution in [0, 0.1) is 0 Å². The highest BCUT2D eigenvalue weighted by molar-refractivity contribution is 5.81. The molecule has 0 spiro atoms. The van der Waals surface area contributed by atoms with E-state index in [1.807, 2.05) is 84.4 Å². The third-order valence-corrected chi connectivity index (χ3v) is 4.89. The van der Waals surface area contributed by atoms with Crippen LogP contribution in [0.25, 0.3) is 10.9 Å². The van der Waals surface area contributed by atoms with E-state index >= 15 is 0 Å². The first kappa shape index (κ1) is 20.5. The van der Waals surface area contributed by atoms with Crippen molar-refractivity contribution in [2.75, 3.05) is 32.6 Å². The van der Waals surface area contributed by atoms with E-state index in [0.717, 1.165) is 22.2 Å². The lowest BCUT2D eigenvalue weighted by atomic mass is 10.2. The molecule has 0 fully saturated rings. The Morgan fingerprint density at radius 2 is 1.69 bits per heavy atom. The number of carbonyl (C=O) groups is 2. The van der Waals surface area contributed by atoms with Gasteiger partial charge in [0.05, 0.1) is 6.42 Å². The van der Waals surface area contributed by atoms with E-state index in [1.165, 1.54) is 0 Å². The molecular weight excluding hydrogens is 366 g/mol. The van der Waals surface area contributed by atoms with Crippen LogP contribution in [0.1, 0.15) is 12.0 Å². The van der Waals surface area contributed by atoms with Gasteiger partial charge >= 0.3 is 5.97 Å². The largest absolute Gasteiger partial charge is 0.456 e. The van der Waals surface area contributed by atoms with E-state index in [9.17, 15) is 9.59 Å². The number of ether oxygens (including phenoxy) is 1. The summed E-state index contributed by atoms with van der Waals surface area (Å²) in [6.45, 7) is 0.756. The topological polar surface area (TPSA) is 54.8 Å². The normalized spacial score (nSPS) is 10.7. The third kappa shape index (κ3) is 5.38. The van der Waals surface area contributed by atoms with E-state index in [0.29, 0.717) is 13.1 Å². The summed E-state index contributed by atoms with van der Waals surface area (Å²) >= 11 is 0. The number of para-hydroxylation sites is 1. The number of nitrogens with zero attached hydrogens (tertiary/aromatic N) is 3. The van der Waals surface area contributed by atoms with Gasteiger partial charge in [-0.25, -0.2) is 0 Å². The van der Waals surface area contributed by atoms with Crippen molar-refractivity contribution in [3.63, 3.8) is 0 Å². The van der Waals surface area contributed by atoms with Gasteiger partial charge in [-0.1, -0.05) is 30.3 Å². The Morgan fingerprint density at radius 1 is 0.966 bits per heavy atom. The summed E-state index contributed by atoms with van der Waals surface area (Å²) in [4.78, 5) is 27.9. The number of anilines is 1. The third-order valence-electron chi connectivity index (χ3n) is 4.89. The van der Waals surface area contributed by atoms with Gasteiger partial charge < -0.3 is 19.1 Å². The fourth-order valence-electron chi connectivity index (χ4n) is 3.13. The van der Waals surface area contributed by atoms with E-state index < -0.39 is 0 Å². The molecule has 29 heavy (non-hydrogen) atoms. The van der Waals surface area contributed by atoms with Crippen molar-refractivity contribution in [3.8, 4) is 0 Å². The number of esters is 1. The summed E-state index contributed by atoms with van der Waals surface area (Å²) < 4.78 is 7.19. The summed E-state index contributed by atoms with van der Waals surface area (Å²) in [6, 6.07) is 18.0. The predicted octanol–water partition coefficient (Wildman–Crippen LogP) is 3.30. The number of amides is 1. The quantitative estimate of drug-likeness (QED) is 0.551. The number of carbonyl (C=O) groups excluding carboxylic acids is 2. The molecular formula is C23H27N3O3. The number of benzene rings is 2. The Kier molecular flexibility index (Phi) is 6.54. The van der Waals surface area contributed by atoms with Crippen LogP contribution in [-0.2, 0) is 27.4 Å². The molecule has 1 amide bonds. The Balaban J connectivity index is 1.43. The second-order valence-corrected chi connectivity index (χ2v) is 7.29. The van der Waals surface area contributed by atoms with Gasteiger partial charge in [-0.2, -0.15) is 0 Å². The van der Waals surface area contributed by atoms with Gasteiger partial charge in [0.25, 0.3) is 5.91 Å². The first-order valence-electron chi connectivity index (χ1n) is 9.64. The average molecular weight is 393 g/mol. The Morgan fingerprint density at radius 3 is 2.41 bits per heavy atom. The molecule has 0 aliphatic rings. The molecule has 0 atom stereocenters. The molecule has 0 aliphatic carbocycles. The maximum atomic E-state index is 12.3. The van der Waals surface area contributed by atoms with Crippen molar-refractivity contribution < 1.29 is 14.3 Å². The van der Waals surface area contributed by atoms with Crippen LogP contribution in [-0.4, -0.2) is 49.1 Å². The van der Waals surface area contributed by atoms with Crippen LogP contribution >= 0.6 is 0 Å². The minimum Gasteiger partial charge on any atom is -0.456 e. The molecule has 3 rings (SSSR count). The highest BCUT2D eigenvalue weighted by Crippen LogP contribution is 2.16. The van der Waals surface area contributed by atoms with Crippen LogP contribution in [0.5, 0.6) is 0 Å². The molecule has 0 unspecified atom stereocenters. The number of rotatable bonds is 8. The van der Waals surface area contributed by atoms with Gasteiger partial charge in [-0.05, 0) is 35.2 Å². The fraction of sp³-hybridized carbons (Fsp3) is 0.304. The van der Waals surface area contributed by atoms with Crippen LogP contribution < -0.4 is 4.90 Å². The molecule has 0 saturated heterocycles. The molecule has 1 aromatic heterocycles. The lowest BCUT2D eigenvalue weighted by Crippen LogP contribution is -2.31. The van der Waals surface area contributed by atoms with Crippen molar-refractivity contribution >= 4 is 28.5 Å². The summed E-state index contributed by atoms with van der Waals surface area (Å²) in [6.07, 6.45) is 2.18. The number of fused-ring (bicyclic) bond motifs is 1. The van der Waals surface area contributed by atoms with Gasteiger partial charge in [0.15, 0.2) is 6.61 Å². The molecule has 152 valence electrons. The molecule has 0 radical (unpaired) electrons. The summed E-state index contributed by atoms with van der Waals surface area (Å²) in [5.74, 6) is -0.596. The highest BCUT2D eigenvalue weighted by Gasteiger charge is 2.13. The van der Waals surface area contributed by atoms with Gasteiger partial charge in [-0.3, -0.25) is 9.59 Å². The van der Waals surface area contributed by atoms with Crippen molar-refractivity contribution in [1.29, 1.82) is 0 Å². The van der Waals surface area contributed by atoms with E-state index in [2.05, 4.69) is 0 Å². The zero-order valence-corrected chi connectivity index (χ0v) is 17.2. The monoisotopic (exact) mass is 393 g/mol. The standard InChI is InChI=1S/C23H27N3O3/c1-24(2)20-10-8-18(9-11-20)16-25(3)22(27)17-29-23(28)13-15-26-14-12-19-6-4-5-7-21(19)26/h4-12,14H,13,15-17H2,1-3H3. The smallest absolute Gasteiger partial charge is 0.308 e. The average Bonchev–Trinajstić information content (AvgIpc) is 3.14. The fourth-order valence-corrected chi connectivity index (χ4v) is 3.13. The minimum absolute atomic E-state index is 0.221. The molecule has 0 saturated carbocycles. The Bertz CT molecular complexity index is 976. The summed E-state index contributed by atoms with van der Waals surface area (Å²) in [5, 5.41) is 1.14. The second kappa shape index (κ2) is 9.28. The van der Waals surface area contributed by atoms with Crippen molar-refractivity contribution in [2.45, 2.75) is 19.5 Å². The summed E-state index contributed by atoms with van der Waals surface area (Å²) in [7, 11) is 5.68. The number of hydrogen-bond donors (Lipinski definition) is 0. The molecule has 6 heteroatoms. The second-order valence-electron chi connectivity index (χ2n) is 7.29. The van der Waals surface area contributed by atoms with Gasteiger partial charge in [0, 0.05) is 51.6 Å². The lowest BCUT2D eigenvalue weighted by molar-refractivity contribution is -0.151. The minimum atomic E-state index is -0.375. The van der Waals surface area contributed by atoms with Crippen LogP contribution in [0.15, 0.2) is 60.8 Å². The molecule has 6 nitrogen and oxygen atoms in total. The number of aromatic nitrogens is 1. The zero-order valence-electron chi connectivity index (χ0n) is 17.2. The van der Waals surface area contributed by atoms with Crippen molar-refractivity contribution in [3.05, 3.63) is 66.4 Å². The maximum absolute atomic E-state index is 12.3. The molecule has 2 aromatic carbocycles. The SMILES string of the molecule is CN(Cc1ccc(N(C)C)cc1)C(=O)COC(=O)CCn1ccc2ccccc21. The Hall–Kier alpha value is -3.28. The van der Waals surface area contributed by atoms with Crippen LogP contribution in [0.2, 0.25) is 0 Å². The lowest BCUT2D eigenvalue weighted by Gasteiger charge is -2.18.